The molecule has 172 valence electrons. The van der Waals surface area contributed by atoms with E-state index < -0.39 is 29.7 Å². The molecule has 0 radical (unpaired) electrons. The lowest BCUT2D eigenvalue weighted by molar-refractivity contribution is -0.0461. The van der Waals surface area contributed by atoms with Crippen molar-refractivity contribution < 1.29 is 19.7 Å². The van der Waals surface area contributed by atoms with E-state index in [0.29, 0.717) is 12.2 Å². The average Bonchev–Trinajstić information content (AvgIpc) is 3.10. The Bertz CT molecular complexity index is 716. The number of unbranched alkanes of at least 4 members (excludes halogenated alkanes) is 9. The Morgan fingerprint density at radius 3 is 2.33 bits per heavy atom. The van der Waals surface area contributed by atoms with Gasteiger partial charge in [-0.3, -0.25) is 14.3 Å². The third kappa shape index (κ3) is 7.98. The maximum Gasteiger partial charge on any atom is 0.330 e. The van der Waals surface area contributed by atoms with Crippen LogP contribution in [0.15, 0.2) is 15.8 Å². The highest BCUT2D eigenvalue weighted by Crippen LogP contribution is 2.27. The molecule has 0 bridgehead atoms. The van der Waals surface area contributed by atoms with Crippen molar-refractivity contribution in [2.24, 2.45) is 0 Å². The molecule has 30 heavy (non-hydrogen) atoms. The maximum atomic E-state index is 12.1. The molecule has 0 unspecified atom stereocenters. The Balaban J connectivity index is 1.67. The Hall–Kier alpha value is -1.48. The molecule has 1 aliphatic rings. The summed E-state index contributed by atoms with van der Waals surface area (Å²) in [6.45, 7) is 2.59. The lowest BCUT2D eigenvalue weighted by atomic mass is 10.1. The van der Waals surface area contributed by atoms with E-state index in [4.69, 9.17) is 9.47 Å². The SMILES string of the molecule is CCCCCCCCCCCCOCc1cn([C@H]2C[C@H](O)[C@@H](CO)O2)c(=O)[nH]c1=O. The van der Waals surface area contributed by atoms with Crippen LogP contribution in [0.2, 0.25) is 0 Å². The number of rotatable bonds is 15. The zero-order valence-corrected chi connectivity index (χ0v) is 18.2. The molecule has 3 N–H and O–H groups in total. The Kier molecular flexibility index (Phi) is 11.4. The van der Waals surface area contributed by atoms with Gasteiger partial charge in [-0.15, -0.1) is 0 Å². The van der Waals surface area contributed by atoms with Crippen molar-refractivity contribution in [2.45, 2.75) is 103 Å². The third-order valence-electron chi connectivity index (χ3n) is 5.64. The van der Waals surface area contributed by atoms with Gasteiger partial charge in [0, 0.05) is 19.2 Å². The number of nitrogens with zero attached hydrogens (tertiary/aromatic N) is 1. The summed E-state index contributed by atoms with van der Waals surface area (Å²) in [5.74, 6) is 0. The minimum absolute atomic E-state index is 0.117. The minimum atomic E-state index is -0.852. The second kappa shape index (κ2) is 13.7. The van der Waals surface area contributed by atoms with Crippen LogP contribution in [-0.4, -0.2) is 45.2 Å². The zero-order valence-electron chi connectivity index (χ0n) is 18.2. The van der Waals surface area contributed by atoms with E-state index in [-0.39, 0.29) is 19.6 Å². The summed E-state index contributed by atoms with van der Waals surface area (Å²) >= 11 is 0. The zero-order chi connectivity index (χ0) is 21.8. The average molecular weight is 427 g/mol. The van der Waals surface area contributed by atoms with Gasteiger partial charge in [-0.05, 0) is 6.42 Å². The molecule has 0 saturated carbocycles. The van der Waals surface area contributed by atoms with E-state index in [2.05, 4.69) is 11.9 Å². The fraction of sp³-hybridized carbons (Fsp3) is 0.818. The Morgan fingerprint density at radius 1 is 1.10 bits per heavy atom. The monoisotopic (exact) mass is 426 g/mol. The highest BCUT2D eigenvalue weighted by Gasteiger charge is 2.35. The van der Waals surface area contributed by atoms with Crippen LogP contribution in [0.3, 0.4) is 0 Å². The van der Waals surface area contributed by atoms with Crippen molar-refractivity contribution in [1.29, 1.82) is 0 Å². The van der Waals surface area contributed by atoms with Gasteiger partial charge in [-0.1, -0.05) is 64.7 Å². The van der Waals surface area contributed by atoms with Gasteiger partial charge in [-0.2, -0.15) is 0 Å². The Labute approximate surface area is 178 Å². The summed E-state index contributed by atoms with van der Waals surface area (Å²) in [4.78, 5) is 26.4. The van der Waals surface area contributed by atoms with Gasteiger partial charge >= 0.3 is 5.69 Å². The number of aliphatic hydroxyl groups is 2. The summed E-state index contributed by atoms with van der Waals surface area (Å²) in [6.07, 6.45) is 11.8. The van der Waals surface area contributed by atoms with E-state index >= 15 is 0 Å². The molecule has 1 saturated heterocycles. The van der Waals surface area contributed by atoms with Crippen molar-refractivity contribution in [3.8, 4) is 0 Å². The molecule has 1 fully saturated rings. The molecule has 1 aliphatic heterocycles. The minimum Gasteiger partial charge on any atom is -0.394 e. The standard InChI is InChI=1S/C22H38N2O6/c1-2-3-4-5-6-7-8-9-10-11-12-29-16-17-14-24(22(28)23-21(17)27)20-13-18(26)19(15-25)30-20/h14,18-20,25-26H,2-13,15-16H2,1H3,(H,23,27,28)/t18-,19+,20+/m0/s1. The molecule has 1 aromatic heterocycles. The molecule has 0 aromatic carbocycles. The van der Waals surface area contributed by atoms with E-state index in [1.807, 2.05) is 0 Å². The quantitative estimate of drug-likeness (QED) is 0.372. The second-order valence-corrected chi connectivity index (χ2v) is 8.17. The highest BCUT2D eigenvalue weighted by atomic mass is 16.5. The summed E-state index contributed by atoms with van der Waals surface area (Å²) in [5.41, 5.74) is -0.738. The number of nitrogens with one attached hydrogen (secondary N) is 1. The molecule has 0 aliphatic carbocycles. The molecular formula is C22H38N2O6. The number of H-pyrrole nitrogens is 1. The first-order chi connectivity index (χ1) is 14.6. The van der Waals surface area contributed by atoms with Crippen molar-refractivity contribution >= 4 is 0 Å². The summed E-state index contributed by atoms with van der Waals surface area (Å²) in [7, 11) is 0. The molecular weight excluding hydrogens is 388 g/mol. The number of aliphatic hydroxyl groups excluding tert-OH is 2. The van der Waals surface area contributed by atoms with Gasteiger partial charge in [-0.25, -0.2) is 4.79 Å². The van der Waals surface area contributed by atoms with Crippen LogP contribution >= 0.6 is 0 Å². The molecule has 3 atom stereocenters. The van der Waals surface area contributed by atoms with Crippen LogP contribution in [0.25, 0.3) is 0 Å². The number of hydrogen-bond donors (Lipinski definition) is 3. The molecule has 2 heterocycles. The first kappa shape index (κ1) is 24.8. The van der Waals surface area contributed by atoms with Crippen LogP contribution < -0.4 is 11.2 Å². The predicted molar refractivity (Wildman–Crippen MR) is 114 cm³/mol. The highest BCUT2D eigenvalue weighted by molar-refractivity contribution is 5.04. The van der Waals surface area contributed by atoms with Crippen LogP contribution in [-0.2, 0) is 16.1 Å². The van der Waals surface area contributed by atoms with Crippen LogP contribution in [0.4, 0.5) is 0 Å². The van der Waals surface area contributed by atoms with Gasteiger partial charge in [0.2, 0.25) is 0 Å². The second-order valence-electron chi connectivity index (χ2n) is 8.17. The van der Waals surface area contributed by atoms with Crippen molar-refractivity contribution in [1.82, 2.24) is 9.55 Å². The van der Waals surface area contributed by atoms with Crippen molar-refractivity contribution in [3.05, 3.63) is 32.6 Å². The van der Waals surface area contributed by atoms with Gasteiger partial charge in [0.05, 0.1) is 24.9 Å². The smallest absolute Gasteiger partial charge is 0.330 e. The Morgan fingerprint density at radius 2 is 1.73 bits per heavy atom. The predicted octanol–water partition coefficient (Wildman–Crippen LogP) is 2.61. The van der Waals surface area contributed by atoms with E-state index in [9.17, 15) is 19.8 Å². The first-order valence-electron chi connectivity index (χ1n) is 11.4. The summed E-state index contributed by atoms with van der Waals surface area (Å²) in [6, 6.07) is 0. The third-order valence-corrected chi connectivity index (χ3v) is 5.64. The fourth-order valence-corrected chi connectivity index (χ4v) is 3.77. The van der Waals surface area contributed by atoms with Gasteiger partial charge in [0.25, 0.3) is 5.56 Å². The number of ether oxygens (including phenoxy) is 2. The topological polar surface area (TPSA) is 114 Å². The first-order valence-corrected chi connectivity index (χ1v) is 11.4. The van der Waals surface area contributed by atoms with Gasteiger partial charge in [0.15, 0.2) is 0 Å². The number of aromatic amines is 1. The lowest BCUT2D eigenvalue weighted by Crippen LogP contribution is -2.34. The fourth-order valence-electron chi connectivity index (χ4n) is 3.77. The molecule has 0 amide bonds. The van der Waals surface area contributed by atoms with E-state index in [1.54, 1.807) is 0 Å². The molecule has 8 nitrogen and oxygen atoms in total. The normalized spacial score (nSPS) is 21.4. The number of aromatic nitrogens is 2. The van der Waals surface area contributed by atoms with Crippen LogP contribution in [0.5, 0.6) is 0 Å². The number of hydrogen-bond acceptors (Lipinski definition) is 6. The lowest BCUT2D eigenvalue weighted by Gasteiger charge is -2.15. The van der Waals surface area contributed by atoms with Gasteiger partial charge < -0.3 is 19.7 Å². The van der Waals surface area contributed by atoms with E-state index in [0.717, 1.165) is 12.8 Å². The molecule has 8 heteroatoms. The molecule has 1 aromatic rings. The van der Waals surface area contributed by atoms with Gasteiger partial charge in [0.1, 0.15) is 12.3 Å². The van der Waals surface area contributed by atoms with Crippen molar-refractivity contribution in [2.75, 3.05) is 13.2 Å². The maximum absolute atomic E-state index is 12.1. The van der Waals surface area contributed by atoms with Crippen LogP contribution in [0, 0.1) is 0 Å². The van der Waals surface area contributed by atoms with Crippen molar-refractivity contribution in [3.63, 3.8) is 0 Å². The molecule has 2 rings (SSSR count). The summed E-state index contributed by atoms with van der Waals surface area (Å²) < 4.78 is 12.4. The molecule has 0 spiro atoms. The largest absolute Gasteiger partial charge is 0.394 e. The van der Waals surface area contributed by atoms with E-state index in [1.165, 1.54) is 62.1 Å². The van der Waals surface area contributed by atoms with Crippen LogP contribution in [0.1, 0.15) is 89.3 Å². The summed E-state index contributed by atoms with van der Waals surface area (Å²) in [5, 5.41) is 19.1.